The van der Waals surface area contributed by atoms with Crippen molar-refractivity contribution in [1.29, 1.82) is 5.26 Å². The van der Waals surface area contributed by atoms with Gasteiger partial charge in [0.05, 0.1) is 5.69 Å². The summed E-state index contributed by atoms with van der Waals surface area (Å²) >= 11 is 0. The molecule has 0 saturated heterocycles. The highest BCUT2D eigenvalue weighted by atomic mass is 16.1. The largest absolute Gasteiger partial charge is 0.292 e. The molecule has 1 aromatic carbocycles. The van der Waals surface area contributed by atoms with Gasteiger partial charge in [0.15, 0.2) is 6.19 Å². The molecule has 18 heavy (non-hydrogen) atoms. The number of aromatic amines is 1. The van der Waals surface area contributed by atoms with E-state index in [4.69, 9.17) is 5.26 Å². The van der Waals surface area contributed by atoms with E-state index in [-0.39, 0.29) is 11.5 Å². The van der Waals surface area contributed by atoms with E-state index in [9.17, 15) is 4.79 Å². The van der Waals surface area contributed by atoms with Crippen molar-refractivity contribution in [1.82, 2.24) is 9.97 Å². The zero-order valence-corrected chi connectivity index (χ0v) is 9.90. The number of benzene rings is 1. The third-order valence-corrected chi connectivity index (χ3v) is 2.62. The van der Waals surface area contributed by atoms with Gasteiger partial charge in [0, 0.05) is 12.0 Å². The molecule has 0 amide bonds. The molecule has 0 aliphatic carbocycles. The topological polar surface area (TPSA) is 81.6 Å². The summed E-state index contributed by atoms with van der Waals surface area (Å²) in [6.07, 6.45) is 2.25. The first-order valence-electron chi connectivity index (χ1n) is 5.49. The molecule has 5 nitrogen and oxygen atoms in total. The number of nitriles is 1. The van der Waals surface area contributed by atoms with Crippen LogP contribution in [0, 0.1) is 18.4 Å². The molecule has 0 fully saturated rings. The van der Waals surface area contributed by atoms with Gasteiger partial charge in [-0.3, -0.25) is 15.1 Å². The minimum absolute atomic E-state index is 0.178. The Bertz CT molecular complexity index is 640. The second-order valence-electron chi connectivity index (χ2n) is 3.88. The van der Waals surface area contributed by atoms with E-state index in [0.29, 0.717) is 17.7 Å². The first-order chi connectivity index (χ1) is 8.70. The summed E-state index contributed by atoms with van der Waals surface area (Å²) in [4.78, 5) is 18.6. The molecule has 2 N–H and O–H groups in total. The minimum atomic E-state index is -0.218. The summed E-state index contributed by atoms with van der Waals surface area (Å²) in [6, 6.07) is 9.70. The second kappa shape index (κ2) is 5.15. The predicted molar refractivity (Wildman–Crippen MR) is 68.1 cm³/mol. The van der Waals surface area contributed by atoms with Crippen LogP contribution in [0.1, 0.15) is 16.8 Å². The van der Waals surface area contributed by atoms with Gasteiger partial charge in [0.1, 0.15) is 0 Å². The van der Waals surface area contributed by atoms with Crippen molar-refractivity contribution in [2.75, 3.05) is 5.32 Å². The molecule has 90 valence electrons. The van der Waals surface area contributed by atoms with Crippen molar-refractivity contribution in [2.45, 2.75) is 13.3 Å². The van der Waals surface area contributed by atoms with Crippen molar-refractivity contribution < 1.29 is 0 Å². The lowest BCUT2D eigenvalue weighted by Gasteiger charge is -2.06. The zero-order valence-electron chi connectivity index (χ0n) is 9.90. The van der Waals surface area contributed by atoms with Gasteiger partial charge in [-0.15, -0.1) is 0 Å². The van der Waals surface area contributed by atoms with Gasteiger partial charge < -0.3 is 0 Å². The number of rotatable bonds is 3. The van der Waals surface area contributed by atoms with Gasteiger partial charge in [0.2, 0.25) is 5.95 Å². The Morgan fingerprint density at radius 3 is 2.72 bits per heavy atom. The Morgan fingerprint density at radius 2 is 2.11 bits per heavy atom. The van der Waals surface area contributed by atoms with Crippen molar-refractivity contribution in [3.05, 3.63) is 57.5 Å². The maximum Gasteiger partial charge on any atom is 0.256 e. The van der Waals surface area contributed by atoms with Crippen LogP contribution < -0.4 is 10.9 Å². The van der Waals surface area contributed by atoms with Crippen LogP contribution in [0.2, 0.25) is 0 Å². The molecule has 0 aliphatic heterocycles. The van der Waals surface area contributed by atoms with Crippen LogP contribution >= 0.6 is 0 Å². The Kier molecular flexibility index (Phi) is 3.39. The van der Waals surface area contributed by atoms with E-state index in [1.807, 2.05) is 30.3 Å². The normalized spacial score (nSPS) is 9.78. The van der Waals surface area contributed by atoms with Crippen LogP contribution in [0.3, 0.4) is 0 Å². The molecule has 0 spiro atoms. The average Bonchev–Trinajstić information content (AvgIpc) is 2.36. The Hall–Kier alpha value is -2.61. The van der Waals surface area contributed by atoms with E-state index >= 15 is 0 Å². The number of hydrogen-bond donors (Lipinski definition) is 2. The number of aryl methyl sites for hydroxylation is 1. The summed E-state index contributed by atoms with van der Waals surface area (Å²) < 4.78 is 0. The quantitative estimate of drug-likeness (QED) is 0.630. The second-order valence-corrected chi connectivity index (χ2v) is 3.88. The fourth-order valence-corrected chi connectivity index (χ4v) is 1.73. The van der Waals surface area contributed by atoms with Gasteiger partial charge in [-0.2, -0.15) is 5.26 Å². The van der Waals surface area contributed by atoms with Crippen molar-refractivity contribution in [2.24, 2.45) is 0 Å². The molecule has 0 atom stereocenters. The molecule has 2 rings (SSSR count). The van der Waals surface area contributed by atoms with Crippen molar-refractivity contribution in [3.8, 4) is 6.19 Å². The van der Waals surface area contributed by atoms with Crippen LogP contribution in [0.4, 0.5) is 5.95 Å². The number of nitrogens with one attached hydrogen (secondary N) is 2. The SMILES string of the molecule is Cc1nc(NC#N)[nH]c(=O)c1Cc1ccccc1. The maximum atomic E-state index is 11.9. The highest BCUT2D eigenvalue weighted by Crippen LogP contribution is 2.09. The maximum absolute atomic E-state index is 11.9. The Morgan fingerprint density at radius 1 is 1.39 bits per heavy atom. The molecule has 0 saturated carbocycles. The lowest BCUT2D eigenvalue weighted by Crippen LogP contribution is -2.18. The molecular weight excluding hydrogens is 228 g/mol. The number of hydrogen-bond acceptors (Lipinski definition) is 4. The monoisotopic (exact) mass is 240 g/mol. The molecule has 2 aromatic rings. The fraction of sp³-hybridized carbons (Fsp3) is 0.154. The van der Waals surface area contributed by atoms with E-state index < -0.39 is 0 Å². The Labute approximate surface area is 104 Å². The van der Waals surface area contributed by atoms with Gasteiger partial charge in [-0.1, -0.05) is 30.3 Å². The third-order valence-electron chi connectivity index (χ3n) is 2.62. The van der Waals surface area contributed by atoms with Gasteiger partial charge in [-0.05, 0) is 12.5 Å². The highest BCUT2D eigenvalue weighted by Gasteiger charge is 2.08. The van der Waals surface area contributed by atoms with E-state index in [2.05, 4.69) is 15.3 Å². The first-order valence-corrected chi connectivity index (χ1v) is 5.49. The van der Waals surface area contributed by atoms with Crippen LogP contribution in [-0.4, -0.2) is 9.97 Å². The number of anilines is 1. The van der Waals surface area contributed by atoms with Crippen LogP contribution in [0.5, 0.6) is 0 Å². The smallest absolute Gasteiger partial charge is 0.256 e. The van der Waals surface area contributed by atoms with E-state index in [1.165, 1.54) is 0 Å². The number of aromatic nitrogens is 2. The summed E-state index contributed by atoms with van der Waals surface area (Å²) in [6.45, 7) is 1.76. The molecule has 0 bridgehead atoms. The summed E-state index contributed by atoms with van der Waals surface area (Å²) in [5.74, 6) is 0.178. The highest BCUT2D eigenvalue weighted by molar-refractivity contribution is 5.35. The minimum Gasteiger partial charge on any atom is -0.292 e. The molecular formula is C13H12N4O. The number of H-pyrrole nitrogens is 1. The summed E-state index contributed by atoms with van der Waals surface area (Å²) in [7, 11) is 0. The molecule has 1 aromatic heterocycles. The van der Waals surface area contributed by atoms with E-state index in [1.54, 1.807) is 13.1 Å². The predicted octanol–water partition coefficient (Wildman–Crippen LogP) is 1.56. The lowest BCUT2D eigenvalue weighted by molar-refractivity contribution is 0.986. The third kappa shape index (κ3) is 2.55. The van der Waals surface area contributed by atoms with Gasteiger partial charge >= 0.3 is 0 Å². The number of nitrogens with zero attached hydrogens (tertiary/aromatic N) is 2. The Balaban J connectivity index is 2.35. The van der Waals surface area contributed by atoms with Crippen LogP contribution in [0.15, 0.2) is 35.1 Å². The summed E-state index contributed by atoms with van der Waals surface area (Å²) in [5.41, 5.74) is 2.07. The molecule has 0 unspecified atom stereocenters. The average molecular weight is 240 g/mol. The molecule has 1 heterocycles. The van der Waals surface area contributed by atoms with Crippen LogP contribution in [0.25, 0.3) is 0 Å². The van der Waals surface area contributed by atoms with E-state index in [0.717, 1.165) is 5.56 Å². The van der Waals surface area contributed by atoms with Crippen molar-refractivity contribution >= 4 is 5.95 Å². The fourth-order valence-electron chi connectivity index (χ4n) is 1.73. The van der Waals surface area contributed by atoms with Gasteiger partial charge in [0.25, 0.3) is 5.56 Å². The van der Waals surface area contributed by atoms with Crippen molar-refractivity contribution in [3.63, 3.8) is 0 Å². The standard InChI is InChI=1S/C13H12N4O/c1-9-11(7-10-5-3-2-4-6-10)12(18)17-13(16-9)15-8-14/h2-6H,7H2,1H3,(H2,15,16,17,18). The lowest BCUT2D eigenvalue weighted by atomic mass is 10.1. The first kappa shape index (κ1) is 11.9. The molecule has 5 heteroatoms. The van der Waals surface area contributed by atoms with Gasteiger partial charge in [-0.25, -0.2) is 4.98 Å². The summed E-state index contributed by atoms with van der Waals surface area (Å²) in [5, 5.41) is 10.8. The molecule has 0 aliphatic rings. The zero-order chi connectivity index (χ0) is 13.0. The molecule has 0 radical (unpaired) electrons. The van der Waals surface area contributed by atoms with Crippen LogP contribution in [-0.2, 0) is 6.42 Å².